The Morgan fingerprint density at radius 3 is 1.57 bits per heavy atom. The zero-order chi connectivity index (χ0) is 34.0. The Morgan fingerprint density at radius 1 is 0.609 bits per heavy atom. The summed E-state index contributed by atoms with van der Waals surface area (Å²) in [5.74, 6) is -0.443. The molecule has 0 spiro atoms. The van der Waals surface area contributed by atoms with Gasteiger partial charge in [-0.3, -0.25) is 9.69 Å². The summed E-state index contributed by atoms with van der Waals surface area (Å²) in [6, 6.07) is 5.75. The Hall–Kier alpha value is -3.14. The number of benzene rings is 1. The number of hydrogen-bond donors (Lipinski definition) is 2. The first-order valence-electron chi connectivity index (χ1n) is 17.7. The third kappa shape index (κ3) is 17.5. The molecule has 0 radical (unpaired) electrons. The van der Waals surface area contributed by atoms with Gasteiger partial charge in [0.1, 0.15) is 6.61 Å². The number of carbonyl (C=O) groups is 4. The first kappa shape index (κ1) is 40.9. The number of nitrogens with one attached hydrogen (secondary N) is 2. The van der Waals surface area contributed by atoms with Gasteiger partial charge in [0.2, 0.25) is 0 Å². The Bertz CT molecular complexity index is 1000. The van der Waals surface area contributed by atoms with Gasteiger partial charge in [-0.1, -0.05) is 121 Å². The molecule has 10 heteroatoms. The maximum Gasteiger partial charge on any atom is 0.418 e. The van der Waals surface area contributed by atoms with Crippen LogP contribution in [0.1, 0.15) is 132 Å². The fourth-order valence-electron chi connectivity index (χ4n) is 5.42. The van der Waals surface area contributed by atoms with Crippen LogP contribution in [0, 0.1) is 0 Å². The maximum atomic E-state index is 13.5. The number of urea groups is 2. The fraction of sp³-hybridized carbons (Fsp3) is 0.722. The van der Waals surface area contributed by atoms with Crippen molar-refractivity contribution >= 4 is 24.1 Å². The molecule has 1 aromatic carbocycles. The summed E-state index contributed by atoms with van der Waals surface area (Å²) in [7, 11) is 6.79. The molecule has 10 nitrogen and oxygen atoms in total. The summed E-state index contributed by atoms with van der Waals surface area (Å²) in [5, 5.41) is 5.05. The number of carbonyl (C=O) groups excluding carboxylic acids is 4. The van der Waals surface area contributed by atoms with Crippen molar-refractivity contribution in [3.8, 4) is 0 Å². The number of ether oxygens (including phenoxy) is 1. The second-order valence-electron chi connectivity index (χ2n) is 12.4. The minimum absolute atomic E-state index is 0.195. The molecular weight excluding hydrogens is 582 g/mol. The molecule has 0 aliphatic carbocycles. The lowest BCUT2D eigenvalue weighted by Gasteiger charge is -2.23. The normalized spacial score (nSPS) is 10.9. The van der Waals surface area contributed by atoms with Crippen LogP contribution in [0.4, 0.5) is 14.4 Å². The van der Waals surface area contributed by atoms with E-state index in [2.05, 4.69) is 17.6 Å². The number of hydrogen-bond acceptors (Lipinski definition) is 6. The van der Waals surface area contributed by atoms with Crippen LogP contribution in [0.15, 0.2) is 24.3 Å². The molecule has 1 rings (SSSR count). The van der Waals surface area contributed by atoms with E-state index in [1.807, 2.05) is 19.0 Å². The lowest BCUT2D eigenvalue weighted by atomic mass is 10.0. The maximum absolute atomic E-state index is 13.5. The van der Waals surface area contributed by atoms with Gasteiger partial charge < -0.3 is 20.3 Å². The molecule has 46 heavy (non-hydrogen) atoms. The van der Waals surface area contributed by atoms with Crippen molar-refractivity contribution < 1.29 is 23.9 Å². The zero-order valence-electron chi connectivity index (χ0n) is 29.5. The summed E-state index contributed by atoms with van der Waals surface area (Å²) in [4.78, 5) is 55.5. The van der Waals surface area contributed by atoms with Crippen LogP contribution >= 0.6 is 0 Å². The summed E-state index contributed by atoms with van der Waals surface area (Å²) >= 11 is 0. The van der Waals surface area contributed by atoms with Crippen LogP contribution in [0.25, 0.3) is 0 Å². The van der Waals surface area contributed by atoms with Crippen LogP contribution in [0.5, 0.6) is 0 Å². The Balaban J connectivity index is 2.51. The summed E-state index contributed by atoms with van der Waals surface area (Å²) in [6.45, 7) is 3.26. The van der Waals surface area contributed by atoms with E-state index < -0.39 is 24.1 Å². The van der Waals surface area contributed by atoms with E-state index >= 15 is 0 Å². The topological polar surface area (TPSA) is 111 Å². The van der Waals surface area contributed by atoms with Crippen LogP contribution in [-0.4, -0.2) is 86.6 Å². The summed E-state index contributed by atoms with van der Waals surface area (Å²) < 4.78 is 5.46. The largest absolute Gasteiger partial charge is 0.444 e. The summed E-state index contributed by atoms with van der Waals surface area (Å²) in [6.07, 6.45) is 19.8. The van der Waals surface area contributed by atoms with Crippen LogP contribution < -0.4 is 10.6 Å². The minimum atomic E-state index is -0.795. The van der Waals surface area contributed by atoms with Crippen LogP contribution in [0.2, 0.25) is 0 Å². The van der Waals surface area contributed by atoms with E-state index in [1.165, 1.54) is 102 Å². The number of amides is 6. The molecular formula is C36H63N5O5. The standard InChI is InChI=1S/C36H63N5O5/c1-6-7-8-9-10-11-12-13-14-15-16-17-18-19-20-23-28-40(34(43)37-2)33(42)32-26-22-21-25-31(32)30-46-36(45)41(35(44)38-3)29-24-27-39(4)5/h21-22,25-26H,6-20,23-24,27-30H2,1-5H3,(H,37,43)(H,38,44). The van der Waals surface area contributed by atoms with Gasteiger partial charge in [-0.25, -0.2) is 19.3 Å². The van der Waals surface area contributed by atoms with Crippen molar-refractivity contribution in [2.24, 2.45) is 0 Å². The van der Waals surface area contributed by atoms with Gasteiger partial charge in [0, 0.05) is 38.3 Å². The smallest absolute Gasteiger partial charge is 0.418 e. The quantitative estimate of drug-likeness (QED) is 0.110. The third-order valence-corrected chi connectivity index (χ3v) is 8.20. The third-order valence-electron chi connectivity index (χ3n) is 8.20. The molecule has 0 atom stereocenters. The van der Waals surface area contributed by atoms with E-state index in [4.69, 9.17) is 4.74 Å². The van der Waals surface area contributed by atoms with Gasteiger partial charge in [0.25, 0.3) is 5.91 Å². The molecule has 6 amide bonds. The van der Waals surface area contributed by atoms with Gasteiger partial charge in [0.15, 0.2) is 0 Å². The van der Waals surface area contributed by atoms with E-state index in [0.29, 0.717) is 25.1 Å². The fourth-order valence-corrected chi connectivity index (χ4v) is 5.42. The second-order valence-corrected chi connectivity index (χ2v) is 12.4. The SMILES string of the molecule is CCCCCCCCCCCCCCCCCCN(C(=O)NC)C(=O)c1ccccc1COC(=O)N(CCCN(C)C)C(=O)NC. The monoisotopic (exact) mass is 645 g/mol. The van der Waals surface area contributed by atoms with Crippen molar-refractivity contribution in [1.82, 2.24) is 25.3 Å². The van der Waals surface area contributed by atoms with Crippen molar-refractivity contribution in [1.29, 1.82) is 0 Å². The molecule has 0 unspecified atom stereocenters. The average molecular weight is 646 g/mol. The molecule has 1 aromatic rings. The highest BCUT2D eigenvalue weighted by Gasteiger charge is 2.26. The number of unbranched alkanes of at least 4 members (excludes halogenated alkanes) is 15. The van der Waals surface area contributed by atoms with Gasteiger partial charge in [-0.15, -0.1) is 0 Å². The van der Waals surface area contributed by atoms with Crippen molar-refractivity contribution in [3.05, 3.63) is 35.4 Å². The first-order chi connectivity index (χ1) is 22.3. The Labute approximate surface area is 279 Å². The van der Waals surface area contributed by atoms with E-state index in [1.54, 1.807) is 24.3 Å². The second kappa shape index (κ2) is 26.0. The average Bonchev–Trinajstić information content (AvgIpc) is 3.06. The predicted octanol–water partition coefficient (Wildman–Crippen LogP) is 7.96. The molecule has 0 fully saturated rings. The van der Waals surface area contributed by atoms with Crippen molar-refractivity contribution in [2.75, 3.05) is 47.8 Å². The minimum Gasteiger partial charge on any atom is -0.444 e. The van der Waals surface area contributed by atoms with Crippen LogP contribution in [0.3, 0.4) is 0 Å². The van der Waals surface area contributed by atoms with E-state index in [0.717, 1.165) is 24.2 Å². The molecule has 0 aliphatic rings. The highest BCUT2D eigenvalue weighted by atomic mass is 16.6. The molecule has 0 bridgehead atoms. The number of imide groups is 2. The van der Waals surface area contributed by atoms with E-state index in [9.17, 15) is 19.2 Å². The molecule has 0 aliphatic heterocycles. The van der Waals surface area contributed by atoms with Gasteiger partial charge in [-0.05, 0) is 39.5 Å². The molecule has 0 aromatic heterocycles. The number of nitrogens with zero attached hydrogens (tertiary/aromatic N) is 3. The zero-order valence-corrected chi connectivity index (χ0v) is 29.5. The molecule has 2 N–H and O–H groups in total. The molecule has 262 valence electrons. The summed E-state index contributed by atoms with van der Waals surface area (Å²) in [5.41, 5.74) is 0.751. The Morgan fingerprint density at radius 2 is 1.07 bits per heavy atom. The lowest BCUT2D eigenvalue weighted by Crippen LogP contribution is -2.44. The van der Waals surface area contributed by atoms with Gasteiger partial charge in [-0.2, -0.15) is 0 Å². The van der Waals surface area contributed by atoms with E-state index in [-0.39, 0.29) is 18.7 Å². The van der Waals surface area contributed by atoms with Gasteiger partial charge >= 0.3 is 18.2 Å². The highest BCUT2D eigenvalue weighted by molar-refractivity contribution is 6.05. The van der Waals surface area contributed by atoms with Gasteiger partial charge in [0.05, 0.1) is 0 Å². The highest BCUT2D eigenvalue weighted by Crippen LogP contribution is 2.17. The molecule has 0 saturated carbocycles. The predicted molar refractivity (Wildman–Crippen MR) is 186 cm³/mol. The van der Waals surface area contributed by atoms with Crippen LogP contribution in [-0.2, 0) is 11.3 Å². The Kier molecular flexibility index (Phi) is 23.1. The number of rotatable bonds is 24. The first-order valence-corrected chi connectivity index (χ1v) is 17.7. The lowest BCUT2D eigenvalue weighted by molar-refractivity contribution is 0.0787. The molecule has 0 saturated heterocycles. The molecule has 0 heterocycles. The van der Waals surface area contributed by atoms with Crippen molar-refractivity contribution in [2.45, 2.75) is 123 Å². The van der Waals surface area contributed by atoms with Crippen molar-refractivity contribution in [3.63, 3.8) is 0 Å².